The highest BCUT2D eigenvalue weighted by Crippen LogP contribution is 1.74. The van der Waals surface area contributed by atoms with Gasteiger partial charge < -0.3 is 15.2 Å². The maximum atomic E-state index is 10.3. The minimum Gasteiger partial charge on any atom is -0.478 e. The zero-order chi connectivity index (χ0) is 16.4. The second-order valence-electron chi connectivity index (χ2n) is 2.74. The Bertz CT molecular complexity index is 347. The van der Waals surface area contributed by atoms with Crippen molar-refractivity contribution in [3.05, 3.63) is 50.6 Å². The van der Waals surface area contributed by atoms with E-state index in [1.807, 2.05) is 0 Å². The van der Waals surface area contributed by atoms with Crippen molar-refractivity contribution in [2.45, 2.75) is 6.92 Å². The summed E-state index contributed by atoms with van der Waals surface area (Å²) in [5.41, 5.74) is 0. The summed E-state index contributed by atoms with van der Waals surface area (Å²) in [6.07, 6.45) is 4.81. The predicted octanol–water partition coefficient (Wildman–Crippen LogP) is 1.47. The van der Waals surface area contributed by atoms with Crippen LogP contribution in [-0.2, 0) is 19.1 Å². The van der Waals surface area contributed by atoms with E-state index in [9.17, 15) is 14.4 Å². The fourth-order valence-corrected chi connectivity index (χ4v) is 0.446. The number of hydrogen-bond acceptors (Lipinski definition) is 4. The molecule has 0 unspecified atom stereocenters. The van der Waals surface area contributed by atoms with Gasteiger partial charge in [-0.25, -0.2) is 9.59 Å². The second-order valence-corrected chi connectivity index (χ2v) is 2.74. The van der Waals surface area contributed by atoms with E-state index in [1.54, 1.807) is 13.0 Å². The van der Waals surface area contributed by atoms with Crippen molar-refractivity contribution in [1.82, 2.24) is 5.32 Å². The van der Waals surface area contributed by atoms with Crippen LogP contribution in [0.4, 0.5) is 0 Å². The molecule has 0 heterocycles. The largest absolute Gasteiger partial charge is 0.478 e. The maximum absolute atomic E-state index is 10.3. The fourth-order valence-electron chi connectivity index (χ4n) is 0.446. The highest BCUT2D eigenvalue weighted by molar-refractivity contribution is 5.86. The van der Waals surface area contributed by atoms with E-state index in [1.165, 1.54) is 6.08 Å². The molecule has 20 heavy (non-hydrogen) atoms. The van der Waals surface area contributed by atoms with E-state index in [4.69, 9.17) is 5.11 Å². The number of carbonyl (C=O) groups is 3. The SMILES string of the molecule is C=CC(=O)O.C=CC(=O)OCC.C=CCNC(=O)C=C. The van der Waals surface area contributed by atoms with Crippen molar-refractivity contribution < 1.29 is 24.2 Å². The molecule has 0 saturated heterocycles. The molecule has 0 spiro atoms. The number of esters is 1. The summed E-state index contributed by atoms with van der Waals surface area (Å²) >= 11 is 0. The number of nitrogens with one attached hydrogen (secondary N) is 1. The van der Waals surface area contributed by atoms with Gasteiger partial charge in [-0.3, -0.25) is 4.79 Å². The molecule has 0 aliphatic rings. The first kappa shape index (κ1) is 22.5. The number of carboxylic acid groups (broad SMARTS) is 1. The molecule has 112 valence electrons. The molecule has 0 bridgehead atoms. The van der Waals surface area contributed by atoms with Crippen LogP contribution < -0.4 is 5.32 Å². The van der Waals surface area contributed by atoms with Gasteiger partial charge in [0.2, 0.25) is 5.91 Å². The van der Waals surface area contributed by atoms with Crippen LogP contribution in [-0.4, -0.2) is 36.1 Å². The first-order valence-electron chi connectivity index (χ1n) is 5.55. The summed E-state index contributed by atoms with van der Waals surface area (Å²) in [7, 11) is 0. The standard InChI is InChI=1S/C6H9NO.C5H8O2.C3H4O2/c1-3-5-7-6(8)4-2;1-3-5(6)7-4-2;1-2-3(4)5/h3-4H,1-2,5H2,(H,7,8);3H,1,4H2,2H3;2H,1H2,(H,4,5). The minimum absolute atomic E-state index is 0.162. The molecule has 6 heteroatoms. The van der Waals surface area contributed by atoms with E-state index in [0.717, 1.165) is 12.2 Å². The molecular formula is C14H21NO5. The lowest BCUT2D eigenvalue weighted by Gasteiger charge is -1.91. The van der Waals surface area contributed by atoms with Crippen LogP contribution in [0.15, 0.2) is 50.6 Å². The molecule has 0 atom stereocenters. The third-order valence-electron chi connectivity index (χ3n) is 1.23. The highest BCUT2D eigenvalue weighted by Gasteiger charge is 1.86. The van der Waals surface area contributed by atoms with Crippen molar-refractivity contribution in [2.75, 3.05) is 13.2 Å². The van der Waals surface area contributed by atoms with Crippen molar-refractivity contribution in [1.29, 1.82) is 0 Å². The third-order valence-corrected chi connectivity index (χ3v) is 1.23. The van der Waals surface area contributed by atoms with Gasteiger partial charge in [0.05, 0.1) is 6.61 Å². The predicted molar refractivity (Wildman–Crippen MR) is 78.1 cm³/mol. The molecule has 0 rings (SSSR count). The van der Waals surface area contributed by atoms with Gasteiger partial charge in [-0.2, -0.15) is 0 Å². The summed E-state index contributed by atoms with van der Waals surface area (Å²) in [5, 5.41) is 10.1. The first-order chi connectivity index (χ1) is 9.39. The van der Waals surface area contributed by atoms with Crippen molar-refractivity contribution in [2.24, 2.45) is 0 Å². The monoisotopic (exact) mass is 283 g/mol. The number of rotatable bonds is 6. The summed E-state index contributed by atoms with van der Waals surface area (Å²) in [5.74, 6) is -1.50. The van der Waals surface area contributed by atoms with Crippen LogP contribution >= 0.6 is 0 Å². The van der Waals surface area contributed by atoms with E-state index in [0.29, 0.717) is 13.2 Å². The van der Waals surface area contributed by atoms with Gasteiger partial charge in [-0.15, -0.1) is 6.58 Å². The van der Waals surface area contributed by atoms with Gasteiger partial charge in [-0.05, 0) is 13.0 Å². The van der Waals surface area contributed by atoms with Gasteiger partial charge >= 0.3 is 11.9 Å². The molecule has 0 saturated carbocycles. The Morgan fingerprint density at radius 2 is 1.60 bits per heavy atom. The summed E-state index contributed by atoms with van der Waals surface area (Å²) < 4.78 is 4.43. The number of amides is 1. The third kappa shape index (κ3) is 29.5. The molecule has 0 aliphatic heterocycles. The normalized spacial score (nSPS) is 7.25. The summed E-state index contributed by atoms with van der Waals surface area (Å²) in [6, 6.07) is 0. The quantitative estimate of drug-likeness (QED) is 0.437. The van der Waals surface area contributed by atoms with E-state index in [2.05, 4.69) is 36.4 Å². The Morgan fingerprint density at radius 1 is 1.10 bits per heavy atom. The van der Waals surface area contributed by atoms with Gasteiger partial charge in [0.25, 0.3) is 0 Å². The van der Waals surface area contributed by atoms with Crippen LogP contribution in [0.25, 0.3) is 0 Å². The molecule has 0 fully saturated rings. The Balaban J connectivity index is -0.000000223. The number of ether oxygens (including phenoxy) is 1. The molecule has 0 radical (unpaired) electrons. The lowest BCUT2D eigenvalue weighted by Crippen LogP contribution is -2.19. The first-order valence-corrected chi connectivity index (χ1v) is 5.55. The Morgan fingerprint density at radius 3 is 1.80 bits per heavy atom. The molecular weight excluding hydrogens is 262 g/mol. The van der Waals surface area contributed by atoms with Crippen molar-refractivity contribution >= 4 is 17.8 Å². The van der Waals surface area contributed by atoms with Gasteiger partial charge in [0.15, 0.2) is 0 Å². The molecule has 0 aromatic carbocycles. The topological polar surface area (TPSA) is 92.7 Å². The Hall–Kier alpha value is -2.63. The van der Waals surface area contributed by atoms with Gasteiger partial charge in [0, 0.05) is 18.7 Å². The average Bonchev–Trinajstić information content (AvgIpc) is 2.46. The number of carboxylic acids is 1. The smallest absolute Gasteiger partial charge is 0.330 e. The molecule has 6 nitrogen and oxygen atoms in total. The van der Waals surface area contributed by atoms with Crippen molar-refractivity contribution in [3.63, 3.8) is 0 Å². The Labute approximate surface area is 119 Å². The highest BCUT2D eigenvalue weighted by atomic mass is 16.5. The van der Waals surface area contributed by atoms with Crippen LogP contribution in [0.2, 0.25) is 0 Å². The van der Waals surface area contributed by atoms with Crippen LogP contribution in [0.1, 0.15) is 6.92 Å². The average molecular weight is 283 g/mol. The van der Waals surface area contributed by atoms with Crippen LogP contribution in [0, 0.1) is 0 Å². The van der Waals surface area contributed by atoms with E-state index < -0.39 is 5.97 Å². The summed E-state index contributed by atoms with van der Waals surface area (Å²) in [4.78, 5) is 29.6. The van der Waals surface area contributed by atoms with E-state index in [-0.39, 0.29) is 11.9 Å². The van der Waals surface area contributed by atoms with E-state index >= 15 is 0 Å². The molecule has 0 aromatic heterocycles. The van der Waals surface area contributed by atoms with Gasteiger partial charge in [-0.1, -0.05) is 25.8 Å². The second kappa shape index (κ2) is 18.7. The lowest BCUT2D eigenvalue weighted by atomic mass is 10.5. The molecule has 2 N–H and O–H groups in total. The molecule has 1 amide bonds. The summed E-state index contributed by atoms with van der Waals surface area (Å²) in [6.45, 7) is 15.5. The zero-order valence-electron chi connectivity index (χ0n) is 11.6. The molecule has 0 aliphatic carbocycles. The maximum Gasteiger partial charge on any atom is 0.330 e. The number of hydrogen-bond donors (Lipinski definition) is 2. The molecule has 0 aromatic rings. The van der Waals surface area contributed by atoms with Crippen molar-refractivity contribution in [3.8, 4) is 0 Å². The number of aliphatic carboxylic acids is 1. The zero-order valence-corrected chi connectivity index (χ0v) is 11.6. The fraction of sp³-hybridized carbons (Fsp3) is 0.214. The van der Waals surface area contributed by atoms with Gasteiger partial charge in [0.1, 0.15) is 0 Å². The minimum atomic E-state index is -0.981. The Kier molecular flexibility index (Phi) is 21.1. The lowest BCUT2D eigenvalue weighted by molar-refractivity contribution is -0.137. The number of carbonyl (C=O) groups excluding carboxylic acids is 2. The van der Waals surface area contributed by atoms with Crippen LogP contribution in [0.3, 0.4) is 0 Å². The van der Waals surface area contributed by atoms with Crippen LogP contribution in [0.5, 0.6) is 0 Å².